The first-order chi connectivity index (χ1) is 36.2. The zero-order valence-corrected chi connectivity index (χ0v) is 37.7. The number of fused-ring (bicyclic) bond motifs is 8. The number of cyclic esters (lactones) is 1. The largest absolute Gasteiger partial charge is 0.504 e. The predicted molar refractivity (Wildman–Crippen MR) is 239 cm³/mol. The van der Waals surface area contributed by atoms with Crippen LogP contribution in [0.3, 0.4) is 0 Å². The minimum absolute atomic E-state index is 0.317. The number of aromatic carboxylic acids is 1. The number of ether oxygens (including phenoxy) is 6. The van der Waals surface area contributed by atoms with Crippen LogP contribution in [0.5, 0.6) is 92.0 Å². The fourth-order valence-electron chi connectivity index (χ4n) is 8.64. The molecule has 0 radical (unpaired) electrons. The number of phenols is 14. The zero-order valence-electron chi connectivity index (χ0n) is 37.7. The summed E-state index contributed by atoms with van der Waals surface area (Å²) in [6.45, 7) is -1.33. The van der Waals surface area contributed by atoms with Gasteiger partial charge in [0.25, 0.3) is 0 Å². The van der Waals surface area contributed by atoms with E-state index in [1.807, 2.05) is 0 Å². The number of phenolic OH excluding ortho intramolecular Hbond substituents is 14. The molecule has 1 saturated heterocycles. The van der Waals surface area contributed by atoms with Crippen LogP contribution < -0.4 is 10.4 Å². The molecule has 1 aliphatic carbocycles. The van der Waals surface area contributed by atoms with Gasteiger partial charge in [-0.05, 0) is 24.3 Å². The molecule has 5 aromatic carbocycles. The maximum Gasteiger partial charge on any atom is 0.344 e. The second-order valence-electron chi connectivity index (χ2n) is 16.9. The number of hydrogen-bond acceptors (Lipinski definition) is 29. The number of aliphatic hydroxyl groups is 1. The van der Waals surface area contributed by atoms with Gasteiger partial charge in [-0.1, -0.05) is 0 Å². The molecule has 16 N–H and O–H groups in total. The molecule has 6 aromatic rings. The summed E-state index contributed by atoms with van der Waals surface area (Å²) in [7, 11) is 0. The second kappa shape index (κ2) is 18.3. The molecular formula is C47H32O30. The van der Waals surface area contributed by atoms with E-state index in [2.05, 4.69) is 0 Å². The molecule has 0 saturated carbocycles. The first kappa shape index (κ1) is 51.2. The minimum atomic E-state index is -2.70. The van der Waals surface area contributed by atoms with Crippen LogP contribution in [-0.4, -0.2) is 155 Å². The smallest absolute Gasteiger partial charge is 0.344 e. The number of hydrogen-bond donors (Lipinski definition) is 16. The van der Waals surface area contributed by atoms with Crippen LogP contribution in [0.4, 0.5) is 0 Å². The molecule has 1 aromatic heterocycles. The van der Waals surface area contributed by atoms with Crippen molar-refractivity contribution in [3.05, 3.63) is 80.4 Å². The van der Waals surface area contributed by atoms with Gasteiger partial charge < -0.3 is 115 Å². The Bertz CT molecular complexity index is 3680. The zero-order chi connectivity index (χ0) is 56.1. The third-order valence-corrected chi connectivity index (χ3v) is 12.3. The second-order valence-corrected chi connectivity index (χ2v) is 16.9. The van der Waals surface area contributed by atoms with Gasteiger partial charge in [0.2, 0.25) is 35.0 Å². The number of carboxylic acid groups (broad SMARTS) is 1. The molecule has 30 heteroatoms. The van der Waals surface area contributed by atoms with E-state index in [9.17, 15) is 115 Å². The lowest BCUT2D eigenvalue weighted by molar-refractivity contribution is -0.288. The topological polar surface area (TPSA) is 512 Å². The third kappa shape index (κ3) is 8.22. The van der Waals surface area contributed by atoms with Crippen LogP contribution >= 0.6 is 0 Å². The van der Waals surface area contributed by atoms with E-state index in [0.29, 0.717) is 36.4 Å². The van der Waals surface area contributed by atoms with Gasteiger partial charge in [-0.25, -0.2) is 24.0 Å². The summed E-state index contributed by atoms with van der Waals surface area (Å²) in [5, 5.41) is 168. The van der Waals surface area contributed by atoms with Crippen LogP contribution in [0.15, 0.2) is 45.6 Å². The van der Waals surface area contributed by atoms with Crippen molar-refractivity contribution in [3.8, 4) is 103 Å². The van der Waals surface area contributed by atoms with Crippen molar-refractivity contribution in [2.75, 3.05) is 6.61 Å². The Morgan fingerprint density at radius 1 is 0.610 bits per heavy atom. The fraction of sp³-hybridized carbons (Fsp3) is 0.170. The third-order valence-electron chi connectivity index (χ3n) is 12.3. The summed E-state index contributed by atoms with van der Waals surface area (Å²) in [6, 6.07) is 2.78. The van der Waals surface area contributed by atoms with Gasteiger partial charge in [-0.15, -0.1) is 0 Å². The van der Waals surface area contributed by atoms with Crippen LogP contribution in [0.25, 0.3) is 21.9 Å². The van der Waals surface area contributed by atoms with Crippen LogP contribution in [-0.2, 0) is 28.5 Å². The summed E-state index contributed by atoms with van der Waals surface area (Å²) in [4.78, 5) is 95.6. The standard InChI is InChI=1S/C47H32O30/c48-15-1-9(2-16(49)27(15)54)42(66)77-47-36(63)40-39(75-45(69)12-5-20(53)38-26(12)25-11(44(68)74-38)4-18(51)29(56)33(25)60)22(73-47)8-71-43(67)10-3-17(50)28(55)32(59)23(10)24-13(46(70)76-40)7-21(31(58)34(24)61)72-37-14(41(64)65)6-19(52)30(57)35(37)62/h1-4,6-7,12,22,36,39-40,47-52,54-63H,5,8H2,(H,64,65)/t12?,22-,36-,39-,40-,47+/m1/s1. The maximum atomic E-state index is 14.9. The minimum Gasteiger partial charge on any atom is -0.504 e. The Hall–Kier alpha value is -10.8. The van der Waals surface area contributed by atoms with E-state index in [1.54, 1.807) is 0 Å². The summed E-state index contributed by atoms with van der Waals surface area (Å²) >= 11 is 0. The van der Waals surface area contributed by atoms with Crippen molar-refractivity contribution in [2.24, 2.45) is 0 Å². The Labute approximate surface area is 422 Å². The molecule has 1 unspecified atom stereocenters. The van der Waals surface area contributed by atoms with E-state index in [-0.39, 0.29) is 0 Å². The van der Waals surface area contributed by atoms with Gasteiger partial charge in [0, 0.05) is 40.6 Å². The average Bonchev–Trinajstić information content (AvgIpc) is 3.71. The van der Waals surface area contributed by atoms with Crippen molar-refractivity contribution < 1.29 is 143 Å². The monoisotopic (exact) mass is 1080 g/mol. The van der Waals surface area contributed by atoms with Gasteiger partial charge in [0.1, 0.15) is 18.3 Å². The highest BCUT2D eigenvalue weighted by Crippen LogP contribution is 2.56. The molecule has 2 aliphatic heterocycles. The van der Waals surface area contributed by atoms with Crippen molar-refractivity contribution >= 4 is 46.4 Å². The summed E-state index contributed by atoms with van der Waals surface area (Å²) in [6.07, 6.45) is -13.5. The van der Waals surface area contributed by atoms with Gasteiger partial charge in [-0.2, -0.15) is 0 Å². The molecule has 30 nitrogen and oxygen atoms in total. The van der Waals surface area contributed by atoms with Crippen LogP contribution in [0.2, 0.25) is 0 Å². The molecule has 2 bridgehead atoms. The van der Waals surface area contributed by atoms with Crippen molar-refractivity contribution in [1.82, 2.24) is 0 Å². The first-order valence-corrected chi connectivity index (χ1v) is 21.4. The summed E-state index contributed by atoms with van der Waals surface area (Å²) in [5.41, 5.74) is -8.81. The molecule has 6 atom stereocenters. The number of carbonyl (C=O) groups is 6. The Morgan fingerprint density at radius 3 is 1.83 bits per heavy atom. The predicted octanol–water partition coefficient (Wildman–Crippen LogP) is 1.75. The van der Waals surface area contributed by atoms with Gasteiger partial charge in [0.05, 0.1) is 28.0 Å². The molecule has 0 spiro atoms. The van der Waals surface area contributed by atoms with Crippen molar-refractivity contribution in [1.29, 1.82) is 0 Å². The normalized spacial score (nSPS) is 19.8. The quantitative estimate of drug-likeness (QED) is 0.0615. The number of benzene rings is 5. The molecule has 0 amide bonds. The highest BCUT2D eigenvalue weighted by atomic mass is 16.7. The SMILES string of the molecule is O=C(O[C@@H]1O[C@@H]2COC(=O)c3cc(O)c(O)c(O)c3-c3c(cc(Oc4c(C(=O)O)cc(O)c(O)c4O)c(O)c3O)C(=O)O[C@H]([C@H]1O)[C@@H]2OC(=O)C1CC(=O)c2oc(=O)c3cc(O)c(O)c(O)c3c21)c1cc(O)c(O)c(O)c1. The van der Waals surface area contributed by atoms with Gasteiger partial charge in [0.15, 0.2) is 93.1 Å². The number of ketones is 1. The lowest BCUT2D eigenvalue weighted by Crippen LogP contribution is -2.62. The Kier molecular flexibility index (Phi) is 12.2. The van der Waals surface area contributed by atoms with E-state index < -0.39 is 238 Å². The molecule has 9 rings (SSSR count). The molecule has 77 heavy (non-hydrogen) atoms. The maximum absolute atomic E-state index is 14.9. The molecular weight excluding hydrogens is 1040 g/mol. The van der Waals surface area contributed by atoms with Gasteiger partial charge >= 0.3 is 35.5 Å². The van der Waals surface area contributed by atoms with E-state index in [1.165, 1.54) is 0 Å². The van der Waals surface area contributed by atoms with E-state index >= 15 is 0 Å². The molecule has 1 fully saturated rings. The number of carboxylic acids is 1. The molecule has 3 aliphatic rings. The number of carbonyl (C=O) groups excluding carboxylic acids is 5. The van der Waals surface area contributed by atoms with Crippen molar-refractivity contribution in [3.63, 3.8) is 0 Å². The molecule has 400 valence electrons. The van der Waals surface area contributed by atoms with E-state index in [4.69, 9.17) is 32.8 Å². The Morgan fingerprint density at radius 2 is 1.18 bits per heavy atom. The average molecular weight is 1080 g/mol. The highest BCUT2D eigenvalue weighted by molar-refractivity contribution is 6.11. The van der Waals surface area contributed by atoms with Crippen LogP contribution in [0, 0.1) is 0 Å². The number of esters is 4. The highest BCUT2D eigenvalue weighted by Gasteiger charge is 2.54. The van der Waals surface area contributed by atoms with Gasteiger partial charge in [-0.3, -0.25) is 9.59 Å². The number of Topliss-reactive ketones (excluding diaryl/α,β-unsaturated/α-hetero) is 1. The fourth-order valence-corrected chi connectivity index (χ4v) is 8.64. The number of rotatable bonds is 7. The number of aliphatic hydroxyl groups excluding tert-OH is 1. The van der Waals surface area contributed by atoms with Crippen LogP contribution in [0.1, 0.15) is 69.9 Å². The van der Waals surface area contributed by atoms with Crippen molar-refractivity contribution in [2.45, 2.75) is 43.0 Å². The Balaban J connectivity index is 1.23. The lowest BCUT2D eigenvalue weighted by atomic mass is 9.91. The first-order valence-electron chi connectivity index (χ1n) is 21.4. The summed E-state index contributed by atoms with van der Waals surface area (Å²) in [5.74, 6) is -34.1. The lowest BCUT2D eigenvalue weighted by Gasteiger charge is -2.43. The van der Waals surface area contributed by atoms with E-state index in [0.717, 1.165) is 0 Å². The molecule has 3 heterocycles. The number of aromatic hydroxyl groups is 14. The summed E-state index contributed by atoms with van der Waals surface area (Å²) < 4.78 is 38.3.